The number of hydrogen-bond donors (Lipinski definition) is 2. The summed E-state index contributed by atoms with van der Waals surface area (Å²) >= 11 is 0. The molecule has 3 rings (SSSR count). The standard InChI is InChI=1S/C21H25N3O4/c1-13(24(4)12-20(25)23(2)3)21(26)22-16-11-18-15(10-19(16)27-5)14-8-6-7-9-17(14)28-18/h6-11,13H,12H2,1-5H3,(H,22,26)/p+1/t13-/m0/s1. The third-order valence-corrected chi connectivity index (χ3v) is 5.02. The van der Waals surface area contributed by atoms with Gasteiger partial charge in [0.25, 0.3) is 11.8 Å². The number of nitrogens with one attached hydrogen (secondary N) is 2. The van der Waals surface area contributed by atoms with Crippen molar-refractivity contribution in [2.45, 2.75) is 13.0 Å². The van der Waals surface area contributed by atoms with Crippen LogP contribution >= 0.6 is 0 Å². The third kappa shape index (κ3) is 3.80. The number of anilines is 1. The number of fused-ring (bicyclic) bond motifs is 3. The lowest BCUT2D eigenvalue weighted by atomic mass is 10.1. The fraction of sp³-hybridized carbons (Fsp3) is 0.333. The van der Waals surface area contributed by atoms with Crippen molar-refractivity contribution in [2.75, 3.05) is 40.1 Å². The molecule has 2 aromatic carbocycles. The zero-order chi connectivity index (χ0) is 20.4. The van der Waals surface area contributed by atoms with Gasteiger partial charge < -0.3 is 24.3 Å². The average Bonchev–Trinajstić information content (AvgIpc) is 3.03. The Balaban J connectivity index is 1.85. The molecule has 148 valence electrons. The highest BCUT2D eigenvalue weighted by Crippen LogP contribution is 2.36. The number of para-hydroxylation sites is 1. The zero-order valence-electron chi connectivity index (χ0n) is 16.8. The second-order valence-electron chi connectivity index (χ2n) is 7.17. The van der Waals surface area contributed by atoms with Crippen molar-refractivity contribution in [3.63, 3.8) is 0 Å². The molecule has 1 aromatic heterocycles. The molecule has 1 heterocycles. The van der Waals surface area contributed by atoms with Gasteiger partial charge in [-0.05, 0) is 19.1 Å². The Labute approximate surface area is 163 Å². The van der Waals surface area contributed by atoms with Crippen LogP contribution in [0.1, 0.15) is 6.92 Å². The lowest BCUT2D eigenvalue weighted by Gasteiger charge is -2.22. The van der Waals surface area contributed by atoms with Gasteiger partial charge in [-0.1, -0.05) is 18.2 Å². The molecule has 0 aliphatic carbocycles. The van der Waals surface area contributed by atoms with Crippen LogP contribution in [0, 0.1) is 0 Å². The first-order chi connectivity index (χ1) is 13.3. The molecule has 0 radical (unpaired) electrons. The number of rotatable bonds is 6. The monoisotopic (exact) mass is 384 g/mol. The lowest BCUT2D eigenvalue weighted by Crippen LogP contribution is -3.15. The largest absolute Gasteiger partial charge is 0.495 e. The molecule has 2 atom stereocenters. The number of furan rings is 1. The highest BCUT2D eigenvalue weighted by atomic mass is 16.5. The molecule has 0 spiro atoms. The number of hydrogen-bond acceptors (Lipinski definition) is 4. The fourth-order valence-electron chi connectivity index (χ4n) is 3.03. The van der Waals surface area contributed by atoms with Crippen LogP contribution in [0.5, 0.6) is 5.75 Å². The Hall–Kier alpha value is -3.06. The zero-order valence-corrected chi connectivity index (χ0v) is 16.8. The number of likely N-dealkylation sites (N-methyl/N-ethyl adjacent to an activating group) is 2. The highest BCUT2D eigenvalue weighted by Gasteiger charge is 2.25. The van der Waals surface area contributed by atoms with Gasteiger partial charge >= 0.3 is 0 Å². The van der Waals surface area contributed by atoms with Crippen molar-refractivity contribution < 1.29 is 23.6 Å². The van der Waals surface area contributed by atoms with Gasteiger partial charge in [0.1, 0.15) is 16.9 Å². The maximum Gasteiger partial charge on any atom is 0.282 e. The third-order valence-electron chi connectivity index (χ3n) is 5.02. The van der Waals surface area contributed by atoms with Gasteiger partial charge in [0.15, 0.2) is 12.6 Å². The van der Waals surface area contributed by atoms with E-state index in [2.05, 4.69) is 5.32 Å². The number of ether oxygens (including phenoxy) is 1. The molecule has 7 nitrogen and oxygen atoms in total. The molecule has 0 aliphatic heterocycles. The summed E-state index contributed by atoms with van der Waals surface area (Å²) in [4.78, 5) is 27.0. The number of amides is 2. The maximum atomic E-state index is 12.7. The van der Waals surface area contributed by atoms with Crippen molar-refractivity contribution in [2.24, 2.45) is 0 Å². The molecule has 0 aliphatic rings. The van der Waals surface area contributed by atoms with Crippen LogP contribution in [0.2, 0.25) is 0 Å². The van der Waals surface area contributed by atoms with E-state index in [0.717, 1.165) is 21.3 Å². The predicted molar refractivity (Wildman–Crippen MR) is 109 cm³/mol. The van der Waals surface area contributed by atoms with Crippen LogP contribution in [0.15, 0.2) is 40.8 Å². The Kier molecular flexibility index (Phi) is 5.56. The minimum atomic E-state index is -0.417. The van der Waals surface area contributed by atoms with Crippen LogP contribution in [0.4, 0.5) is 5.69 Å². The van der Waals surface area contributed by atoms with Crippen molar-refractivity contribution in [1.82, 2.24) is 4.90 Å². The summed E-state index contributed by atoms with van der Waals surface area (Å²) in [6.45, 7) is 2.03. The lowest BCUT2D eigenvalue weighted by molar-refractivity contribution is -0.886. The van der Waals surface area contributed by atoms with E-state index in [0.29, 0.717) is 17.0 Å². The average molecular weight is 384 g/mol. The Morgan fingerprint density at radius 3 is 2.57 bits per heavy atom. The number of carbonyl (C=O) groups is 2. The molecule has 1 unspecified atom stereocenters. The molecule has 3 aromatic rings. The van der Waals surface area contributed by atoms with Gasteiger partial charge in [0, 0.05) is 30.9 Å². The molecule has 0 saturated carbocycles. The quantitative estimate of drug-likeness (QED) is 0.676. The maximum absolute atomic E-state index is 12.7. The van der Waals surface area contributed by atoms with E-state index in [1.807, 2.05) is 37.4 Å². The van der Waals surface area contributed by atoms with Crippen LogP contribution < -0.4 is 15.0 Å². The van der Waals surface area contributed by atoms with Crippen LogP contribution in [0.25, 0.3) is 21.9 Å². The fourth-order valence-corrected chi connectivity index (χ4v) is 3.03. The van der Waals surface area contributed by atoms with Gasteiger partial charge in [-0.2, -0.15) is 0 Å². The second kappa shape index (κ2) is 7.90. The number of benzene rings is 2. The van der Waals surface area contributed by atoms with Gasteiger partial charge in [-0.15, -0.1) is 0 Å². The number of methoxy groups -OCH3 is 1. The van der Waals surface area contributed by atoms with Crippen molar-refractivity contribution in [3.05, 3.63) is 36.4 Å². The van der Waals surface area contributed by atoms with E-state index >= 15 is 0 Å². The second-order valence-corrected chi connectivity index (χ2v) is 7.17. The number of nitrogens with zero attached hydrogens (tertiary/aromatic N) is 1. The summed E-state index contributed by atoms with van der Waals surface area (Å²) in [5, 5.41) is 4.83. The Morgan fingerprint density at radius 1 is 1.18 bits per heavy atom. The highest BCUT2D eigenvalue weighted by molar-refractivity contribution is 6.08. The minimum absolute atomic E-state index is 0.0292. The number of carbonyl (C=O) groups excluding carboxylic acids is 2. The van der Waals surface area contributed by atoms with E-state index in [1.54, 1.807) is 34.2 Å². The molecule has 0 saturated heterocycles. The molecule has 2 N–H and O–H groups in total. The van der Waals surface area contributed by atoms with E-state index in [4.69, 9.17) is 9.15 Å². The summed E-state index contributed by atoms with van der Waals surface area (Å²) in [5.41, 5.74) is 1.99. The van der Waals surface area contributed by atoms with E-state index in [1.165, 1.54) is 4.90 Å². The molecular formula is C21H26N3O4+. The van der Waals surface area contributed by atoms with Gasteiger partial charge in [-0.3, -0.25) is 9.59 Å². The minimum Gasteiger partial charge on any atom is -0.495 e. The summed E-state index contributed by atoms with van der Waals surface area (Å²) < 4.78 is 11.4. The van der Waals surface area contributed by atoms with Crippen LogP contribution in [0.3, 0.4) is 0 Å². The van der Waals surface area contributed by atoms with E-state index < -0.39 is 6.04 Å². The molecule has 0 fully saturated rings. The molecule has 28 heavy (non-hydrogen) atoms. The SMILES string of the molecule is COc1cc2c(cc1NC(=O)[C@H](C)[NH+](C)CC(=O)N(C)C)oc1ccccc12. The Bertz CT molecular complexity index is 1030. The molecule has 7 heteroatoms. The van der Waals surface area contributed by atoms with Gasteiger partial charge in [0.05, 0.1) is 19.8 Å². The summed E-state index contributed by atoms with van der Waals surface area (Å²) in [6, 6.07) is 11.0. The van der Waals surface area contributed by atoms with Gasteiger partial charge in [-0.25, -0.2) is 0 Å². The topological polar surface area (TPSA) is 76.2 Å². The van der Waals surface area contributed by atoms with Crippen molar-refractivity contribution in [1.29, 1.82) is 0 Å². The van der Waals surface area contributed by atoms with E-state index in [-0.39, 0.29) is 18.4 Å². The van der Waals surface area contributed by atoms with Crippen LogP contribution in [-0.4, -0.2) is 57.6 Å². The molecular weight excluding hydrogens is 358 g/mol. The first-order valence-corrected chi connectivity index (χ1v) is 9.14. The summed E-state index contributed by atoms with van der Waals surface area (Å²) in [7, 11) is 6.79. The van der Waals surface area contributed by atoms with Crippen LogP contribution in [-0.2, 0) is 9.59 Å². The summed E-state index contributed by atoms with van der Waals surface area (Å²) in [5.74, 6) is 0.331. The summed E-state index contributed by atoms with van der Waals surface area (Å²) in [6.07, 6.45) is 0. The first-order valence-electron chi connectivity index (χ1n) is 9.14. The normalized spacial score (nSPS) is 13.3. The Morgan fingerprint density at radius 2 is 1.89 bits per heavy atom. The van der Waals surface area contributed by atoms with E-state index in [9.17, 15) is 9.59 Å². The smallest absolute Gasteiger partial charge is 0.282 e. The van der Waals surface area contributed by atoms with Gasteiger partial charge in [0.2, 0.25) is 0 Å². The molecule has 0 bridgehead atoms. The van der Waals surface area contributed by atoms with Crippen molar-refractivity contribution >= 4 is 39.4 Å². The number of quaternary nitrogens is 1. The molecule has 2 amide bonds. The first kappa shape index (κ1) is 19.7. The van der Waals surface area contributed by atoms with Crippen molar-refractivity contribution in [3.8, 4) is 5.75 Å². The predicted octanol–water partition coefficient (Wildman–Crippen LogP) is 1.52.